The standard InChI is InChI=1S/C18H23N3O2S/c1-12-7-6-8-14(11-12)16-19-20-18(24-13(2)17(22)23)21(16)15-9-4-3-5-10-15/h6-8,11,13,15H,3-5,9-10H2,1-2H3,(H,22,23)/p-1/t13-/m1/s1. The summed E-state index contributed by atoms with van der Waals surface area (Å²) in [6, 6.07) is 8.54. The van der Waals surface area contributed by atoms with Gasteiger partial charge in [0.2, 0.25) is 0 Å². The molecule has 0 saturated heterocycles. The Balaban J connectivity index is 2.01. The van der Waals surface area contributed by atoms with Gasteiger partial charge in [-0.25, -0.2) is 0 Å². The van der Waals surface area contributed by atoms with Crippen LogP contribution in [-0.2, 0) is 4.79 Å². The van der Waals surface area contributed by atoms with Gasteiger partial charge in [0, 0.05) is 16.9 Å². The first-order valence-corrected chi connectivity index (χ1v) is 9.33. The van der Waals surface area contributed by atoms with E-state index in [1.54, 1.807) is 6.92 Å². The molecule has 128 valence electrons. The zero-order valence-electron chi connectivity index (χ0n) is 14.1. The summed E-state index contributed by atoms with van der Waals surface area (Å²) < 4.78 is 2.15. The van der Waals surface area contributed by atoms with Crippen LogP contribution in [0.4, 0.5) is 0 Å². The lowest BCUT2D eigenvalue weighted by molar-refractivity contribution is -0.304. The minimum Gasteiger partial charge on any atom is -0.549 e. The number of thioether (sulfide) groups is 1. The van der Waals surface area contributed by atoms with Crippen molar-refractivity contribution in [3.05, 3.63) is 29.8 Å². The lowest BCUT2D eigenvalue weighted by Crippen LogP contribution is -2.31. The van der Waals surface area contributed by atoms with Gasteiger partial charge in [-0.1, -0.05) is 54.8 Å². The number of rotatable bonds is 5. The number of aliphatic carboxylic acids is 1. The number of carboxylic acid groups (broad SMARTS) is 1. The van der Waals surface area contributed by atoms with Gasteiger partial charge in [-0.15, -0.1) is 10.2 Å². The minimum absolute atomic E-state index is 0.334. The molecular formula is C18H22N3O2S-. The summed E-state index contributed by atoms with van der Waals surface area (Å²) in [5.74, 6) is -0.242. The predicted molar refractivity (Wildman–Crippen MR) is 92.6 cm³/mol. The van der Waals surface area contributed by atoms with Gasteiger partial charge in [0.1, 0.15) is 0 Å². The van der Waals surface area contributed by atoms with Gasteiger partial charge in [0.05, 0.1) is 5.97 Å². The molecule has 6 heteroatoms. The number of aromatic nitrogens is 3. The average molecular weight is 344 g/mol. The summed E-state index contributed by atoms with van der Waals surface area (Å²) >= 11 is 1.22. The van der Waals surface area contributed by atoms with Crippen LogP contribution in [0.15, 0.2) is 29.4 Å². The first-order valence-electron chi connectivity index (χ1n) is 8.45. The molecule has 0 aliphatic heterocycles. The van der Waals surface area contributed by atoms with Crippen molar-refractivity contribution in [3.63, 3.8) is 0 Å². The highest BCUT2D eigenvalue weighted by atomic mass is 32.2. The molecule has 1 aromatic carbocycles. The Morgan fingerprint density at radius 2 is 2.04 bits per heavy atom. The van der Waals surface area contributed by atoms with Gasteiger partial charge < -0.3 is 9.90 Å². The molecule has 0 radical (unpaired) electrons. The molecule has 1 saturated carbocycles. The average Bonchev–Trinajstić information content (AvgIpc) is 2.99. The Morgan fingerprint density at radius 1 is 1.29 bits per heavy atom. The molecule has 3 rings (SSSR count). The maximum atomic E-state index is 11.1. The van der Waals surface area contributed by atoms with Gasteiger partial charge in [0.25, 0.3) is 0 Å². The Morgan fingerprint density at radius 3 is 2.71 bits per heavy atom. The Labute approximate surface area is 146 Å². The van der Waals surface area contributed by atoms with Crippen LogP contribution in [0.1, 0.15) is 50.6 Å². The highest BCUT2D eigenvalue weighted by molar-refractivity contribution is 8.00. The first-order chi connectivity index (χ1) is 11.6. The van der Waals surface area contributed by atoms with Gasteiger partial charge >= 0.3 is 0 Å². The summed E-state index contributed by atoms with van der Waals surface area (Å²) in [6.45, 7) is 3.69. The maximum absolute atomic E-state index is 11.1. The smallest absolute Gasteiger partial charge is 0.192 e. The van der Waals surface area contributed by atoms with Crippen LogP contribution in [-0.4, -0.2) is 26.0 Å². The van der Waals surface area contributed by atoms with E-state index in [1.807, 2.05) is 12.1 Å². The fourth-order valence-electron chi connectivity index (χ4n) is 3.21. The minimum atomic E-state index is -1.07. The fourth-order valence-corrected chi connectivity index (χ4v) is 4.06. The first kappa shape index (κ1) is 17.0. The zero-order valence-corrected chi connectivity index (χ0v) is 14.9. The Bertz CT molecular complexity index is 723. The molecule has 24 heavy (non-hydrogen) atoms. The second kappa shape index (κ2) is 7.38. The van der Waals surface area contributed by atoms with Crippen molar-refractivity contribution in [1.29, 1.82) is 0 Å². The molecule has 1 aliphatic rings. The number of carbonyl (C=O) groups excluding carboxylic acids is 1. The highest BCUT2D eigenvalue weighted by Crippen LogP contribution is 2.36. The Kier molecular flexibility index (Phi) is 5.23. The zero-order chi connectivity index (χ0) is 17.1. The molecule has 1 atom stereocenters. The number of hydrogen-bond acceptors (Lipinski definition) is 5. The van der Waals surface area contributed by atoms with Crippen molar-refractivity contribution in [1.82, 2.24) is 14.8 Å². The van der Waals surface area contributed by atoms with Crippen molar-refractivity contribution in [2.45, 2.75) is 62.4 Å². The third-order valence-electron chi connectivity index (χ3n) is 4.49. The second-order valence-corrected chi connectivity index (χ2v) is 7.72. The number of nitrogens with zero attached hydrogens (tertiary/aromatic N) is 3. The topological polar surface area (TPSA) is 70.8 Å². The molecule has 0 spiro atoms. The predicted octanol–water partition coefficient (Wildman–Crippen LogP) is 2.99. The molecular weight excluding hydrogens is 322 g/mol. The van der Waals surface area contributed by atoms with E-state index in [0.29, 0.717) is 11.2 Å². The highest BCUT2D eigenvalue weighted by Gasteiger charge is 2.25. The largest absolute Gasteiger partial charge is 0.549 e. The van der Waals surface area contributed by atoms with Gasteiger partial charge in [0.15, 0.2) is 11.0 Å². The second-order valence-electron chi connectivity index (χ2n) is 6.42. The van der Waals surface area contributed by atoms with Crippen molar-refractivity contribution in [2.75, 3.05) is 0 Å². The number of aryl methyl sites for hydroxylation is 1. The molecule has 5 nitrogen and oxygen atoms in total. The summed E-state index contributed by atoms with van der Waals surface area (Å²) in [7, 11) is 0. The van der Waals surface area contributed by atoms with E-state index in [1.165, 1.54) is 36.6 Å². The molecule has 0 amide bonds. The van der Waals surface area contributed by atoms with E-state index in [0.717, 1.165) is 24.2 Å². The maximum Gasteiger partial charge on any atom is 0.192 e. The molecule has 1 fully saturated rings. The number of carbonyl (C=O) groups is 1. The van der Waals surface area contributed by atoms with E-state index < -0.39 is 11.2 Å². The van der Waals surface area contributed by atoms with Crippen molar-refractivity contribution >= 4 is 17.7 Å². The van der Waals surface area contributed by atoms with E-state index in [4.69, 9.17) is 0 Å². The monoisotopic (exact) mass is 344 g/mol. The van der Waals surface area contributed by atoms with Crippen LogP contribution >= 0.6 is 11.8 Å². The van der Waals surface area contributed by atoms with Gasteiger partial charge in [-0.3, -0.25) is 4.57 Å². The van der Waals surface area contributed by atoms with Crippen molar-refractivity contribution in [2.24, 2.45) is 0 Å². The van der Waals surface area contributed by atoms with Gasteiger partial charge in [-0.05, 0) is 32.8 Å². The van der Waals surface area contributed by atoms with Gasteiger partial charge in [-0.2, -0.15) is 0 Å². The van der Waals surface area contributed by atoms with E-state index in [2.05, 4.69) is 33.8 Å². The SMILES string of the molecule is Cc1cccc(-c2nnc(S[C@H](C)C(=O)[O-])n2C2CCCCC2)c1. The summed E-state index contributed by atoms with van der Waals surface area (Å²) in [6.07, 6.45) is 5.82. The quantitative estimate of drug-likeness (QED) is 0.780. The molecule has 0 unspecified atom stereocenters. The summed E-state index contributed by atoms with van der Waals surface area (Å²) in [5.41, 5.74) is 2.20. The number of carboxylic acids is 1. The Hall–Kier alpha value is -1.82. The third kappa shape index (κ3) is 3.64. The van der Waals surface area contributed by atoms with E-state index in [-0.39, 0.29) is 0 Å². The van der Waals surface area contributed by atoms with Crippen molar-refractivity contribution < 1.29 is 9.90 Å². The number of benzene rings is 1. The molecule has 0 bridgehead atoms. The summed E-state index contributed by atoms with van der Waals surface area (Å²) in [5, 5.41) is 19.8. The third-order valence-corrected chi connectivity index (χ3v) is 5.53. The molecule has 2 aromatic rings. The fraction of sp³-hybridized carbons (Fsp3) is 0.500. The van der Waals surface area contributed by atoms with Crippen molar-refractivity contribution in [3.8, 4) is 11.4 Å². The molecule has 1 heterocycles. The van der Waals surface area contributed by atoms with E-state index in [9.17, 15) is 9.90 Å². The van der Waals surface area contributed by atoms with Crippen LogP contribution in [0, 0.1) is 6.92 Å². The summed E-state index contributed by atoms with van der Waals surface area (Å²) in [4.78, 5) is 11.1. The van der Waals surface area contributed by atoms with Crippen LogP contribution in [0.3, 0.4) is 0 Å². The van der Waals surface area contributed by atoms with Crippen LogP contribution in [0.5, 0.6) is 0 Å². The number of hydrogen-bond donors (Lipinski definition) is 0. The van der Waals surface area contributed by atoms with E-state index >= 15 is 0 Å². The van der Waals surface area contributed by atoms with Crippen LogP contribution < -0.4 is 5.11 Å². The normalized spacial score (nSPS) is 16.9. The lowest BCUT2D eigenvalue weighted by atomic mass is 9.95. The lowest BCUT2D eigenvalue weighted by Gasteiger charge is -2.26. The van der Waals surface area contributed by atoms with Crippen LogP contribution in [0.25, 0.3) is 11.4 Å². The molecule has 0 N–H and O–H groups in total. The molecule has 1 aliphatic carbocycles. The van der Waals surface area contributed by atoms with Crippen LogP contribution in [0.2, 0.25) is 0 Å². The molecule has 1 aromatic heterocycles.